The molecule has 0 radical (unpaired) electrons. The van der Waals surface area contributed by atoms with Gasteiger partial charge in [-0.3, -0.25) is 0 Å². The largest absolute Gasteiger partial charge is 0.508 e. The van der Waals surface area contributed by atoms with Crippen LogP contribution in [0, 0.1) is 5.82 Å². The maximum atomic E-state index is 12.6. The molecule has 1 aromatic carbocycles. The minimum absolute atomic E-state index is 0.0724. The molecule has 4 heteroatoms. The zero-order valence-corrected chi connectivity index (χ0v) is 6.92. The van der Waals surface area contributed by atoms with Crippen molar-refractivity contribution in [2.45, 2.75) is 6.10 Å². The Morgan fingerprint density at radius 1 is 1.50 bits per heavy atom. The molecule has 0 aliphatic rings. The molecule has 0 bridgehead atoms. The summed E-state index contributed by atoms with van der Waals surface area (Å²) in [4.78, 5) is 0. The minimum atomic E-state index is -1.03. The van der Waals surface area contributed by atoms with Gasteiger partial charge in [-0.05, 0) is 18.2 Å². The molecule has 12 heavy (non-hydrogen) atoms. The monoisotopic (exact) mass is 190 g/mol. The number of halogens is 2. The first kappa shape index (κ1) is 9.29. The Morgan fingerprint density at radius 3 is 2.75 bits per heavy atom. The average Bonchev–Trinajstić information content (AvgIpc) is 2.08. The summed E-state index contributed by atoms with van der Waals surface area (Å²) in [5, 5.41) is 18.3. The summed E-state index contributed by atoms with van der Waals surface area (Å²) in [7, 11) is 0. The molecule has 1 rings (SSSR count). The maximum Gasteiger partial charge on any atom is 0.123 e. The van der Waals surface area contributed by atoms with E-state index in [1.807, 2.05) is 0 Å². The van der Waals surface area contributed by atoms with Crippen LogP contribution in [0.5, 0.6) is 5.75 Å². The molecule has 0 aliphatic heterocycles. The minimum Gasteiger partial charge on any atom is -0.508 e. The topological polar surface area (TPSA) is 40.5 Å². The molecule has 1 aromatic rings. The first-order valence-electron chi connectivity index (χ1n) is 3.37. The van der Waals surface area contributed by atoms with Crippen LogP contribution >= 0.6 is 11.6 Å². The Bertz CT molecular complexity index is 278. The number of aliphatic hydroxyl groups is 1. The molecule has 0 spiro atoms. The average molecular weight is 191 g/mol. The van der Waals surface area contributed by atoms with Crippen LogP contribution in [0.3, 0.4) is 0 Å². The summed E-state index contributed by atoms with van der Waals surface area (Å²) in [6.45, 7) is 0. The standard InChI is InChI=1S/C8H8ClFO2/c9-4-8(12)6-3-5(10)1-2-7(6)11/h1-3,8,11-12H,4H2. The predicted molar refractivity (Wildman–Crippen MR) is 43.7 cm³/mol. The number of aromatic hydroxyl groups is 1. The Balaban J connectivity index is 3.04. The lowest BCUT2D eigenvalue weighted by Crippen LogP contribution is -1.99. The van der Waals surface area contributed by atoms with E-state index in [4.69, 9.17) is 16.7 Å². The molecule has 2 N–H and O–H groups in total. The Hall–Kier alpha value is -0.800. The molecular weight excluding hydrogens is 183 g/mol. The molecule has 0 amide bonds. The highest BCUT2D eigenvalue weighted by Crippen LogP contribution is 2.25. The second kappa shape index (κ2) is 3.74. The van der Waals surface area contributed by atoms with Crippen LogP contribution < -0.4 is 0 Å². The third-order valence-corrected chi connectivity index (χ3v) is 1.79. The van der Waals surface area contributed by atoms with Gasteiger partial charge in [0.15, 0.2) is 0 Å². The van der Waals surface area contributed by atoms with E-state index in [1.165, 1.54) is 6.07 Å². The van der Waals surface area contributed by atoms with E-state index in [2.05, 4.69) is 0 Å². The highest BCUT2D eigenvalue weighted by atomic mass is 35.5. The zero-order valence-electron chi connectivity index (χ0n) is 6.17. The van der Waals surface area contributed by atoms with Crippen LogP contribution in [0.15, 0.2) is 18.2 Å². The number of rotatable bonds is 2. The summed E-state index contributed by atoms with van der Waals surface area (Å²) in [6.07, 6.45) is -1.03. The Morgan fingerprint density at radius 2 is 2.17 bits per heavy atom. The Kier molecular flexibility index (Phi) is 2.89. The second-order valence-electron chi connectivity index (χ2n) is 2.37. The summed E-state index contributed by atoms with van der Waals surface area (Å²) < 4.78 is 12.6. The number of hydrogen-bond donors (Lipinski definition) is 2. The van der Waals surface area contributed by atoms with E-state index < -0.39 is 11.9 Å². The summed E-state index contributed by atoms with van der Waals surface area (Å²) in [5.74, 6) is -0.728. The quantitative estimate of drug-likeness (QED) is 0.699. The van der Waals surface area contributed by atoms with E-state index in [0.29, 0.717) is 0 Å². The lowest BCUT2D eigenvalue weighted by atomic mass is 10.1. The Labute approximate surface area is 74.2 Å². The van der Waals surface area contributed by atoms with Gasteiger partial charge < -0.3 is 10.2 Å². The van der Waals surface area contributed by atoms with Crippen molar-refractivity contribution in [2.24, 2.45) is 0 Å². The lowest BCUT2D eigenvalue weighted by molar-refractivity contribution is 0.197. The van der Waals surface area contributed by atoms with Crippen molar-refractivity contribution >= 4 is 11.6 Å². The fourth-order valence-corrected chi connectivity index (χ4v) is 1.04. The fraction of sp³-hybridized carbons (Fsp3) is 0.250. The van der Waals surface area contributed by atoms with Crippen molar-refractivity contribution in [3.63, 3.8) is 0 Å². The van der Waals surface area contributed by atoms with E-state index in [9.17, 15) is 9.50 Å². The van der Waals surface area contributed by atoms with Crippen LogP contribution in [0.2, 0.25) is 0 Å². The maximum absolute atomic E-state index is 12.6. The zero-order chi connectivity index (χ0) is 9.14. The number of phenols is 1. The van der Waals surface area contributed by atoms with Crippen LogP contribution in [0.4, 0.5) is 4.39 Å². The molecule has 0 saturated carbocycles. The number of phenolic OH excluding ortho intramolecular Hbond substituents is 1. The normalized spacial score (nSPS) is 12.9. The first-order chi connectivity index (χ1) is 5.65. The number of aliphatic hydroxyl groups excluding tert-OH is 1. The van der Waals surface area contributed by atoms with E-state index in [-0.39, 0.29) is 17.2 Å². The first-order valence-corrected chi connectivity index (χ1v) is 3.91. The number of alkyl halides is 1. The molecule has 66 valence electrons. The van der Waals surface area contributed by atoms with E-state index in [1.54, 1.807) is 0 Å². The van der Waals surface area contributed by atoms with Gasteiger partial charge >= 0.3 is 0 Å². The molecule has 0 saturated heterocycles. The summed E-state index contributed by atoms with van der Waals surface area (Å²) >= 11 is 5.33. The summed E-state index contributed by atoms with van der Waals surface area (Å²) in [5.41, 5.74) is 0.116. The van der Waals surface area contributed by atoms with Gasteiger partial charge in [0, 0.05) is 5.56 Å². The van der Waals surface area contributed by atoms with Crippen molar-refractivity contribution < 1.29 is 14.6 Å². The van der Waals surface area contributed by atoms with Crippen molar-refractivity contribution in [2.75, 3.05) is 5.88 Å². The van der Waals surface area contributed by atoms with E-state index >= 15 is 0 Å². The van der Waals surface area contributed by atoms with Gasteiger partial charge in [0.05, 0.1) is 12.0 Å². The third-order valence-electron chi connectivity index (χ3n) is 1.49. The SMILES string of the molecule is Oc1ccc(F)cc1C(O)CCl. The molecule has 1 atom stereocenters. The molecule has 0 fully saturated rings. The van der Waals surface area contributed by atoms with E-state index in [0.717, 1.165) is 12.1 Å². The molecule has 0 aliphatic carbocycles. The van der Waals surface area contributed by atoms with Crippen LogP contribution in [-0.4, -0.2) is 16.1 Å². The van der Waals surface area contributed by atoms with Gasteiger partial charge in [-0.2, -0.15) is 0 Å². The van der Waals surface area contributed by atoms with Crippen LogP contribution in [0.1, 0.15) is 11.7 Å². The van der Waals surface area contributed by atoms with Crippen LogP contribution in [-0.2, 0) is 0 Å². The van der Waals surface area contributed by atoms with Gasteiger partial charge in [0.2, 0.25) is 0 Å². The number of hydrogen-bond acceptors (Lipinski definition) is 2. The molecule has 1 unspecified atom stereocenters. The number of benzene rings is 1. The van der Waals surface area contributed by atoms with Gasteiger partial charge in [-0.1, -0.05) is 0 Å². The van der Waals surface area contributed by atoms with Gasteiger partial charge in [-0.25, -0.2) is 4.39 Å². The van der Waals surface area contributed by atoms with Crippen molar-refractivity contribution in [3.05, 3.63) is 29.6 Å². The smallest absolute Gasteiger partial charge is 0.123 e. The molecule has 0 aromatic heterocycles. The lowest BCUT2D eigenvalue weighted by Gasteiger charge is -2.08. The van der Waals surface area contributed by atoms with Gasteiger partial charge in [0.25, 0.3) is 0 Å². The van der Waals surface area contributed by atoms with Crippen LogP contribution in [0.25, 0.3) is 0 Å². The van der Waals surface area contributed by atoms with Crippen molar-refractivity contribution in [1.82, 2.24) is 0 Å². The highest BCUT2D eigenvalue weighted by molar-refractivity contribution is 6.18. The van der Waals surface area contributed by atoms with Gasteiger partial charge in [-0.15, -0.1) is 11.6 Å². The molecular formula is C8H8ClFO2. The highest BCUT2D eigenvalue weighted by Gasteiger charge is 2.11. The summed E-state index contributed by atoms with van der Waals surface area (Å²) in [6, 6.07) is 3.35. The predicted octanol–water partition coefficient (Wildman–Crippen LogP) is 1.80. The molecule has 0 heterocycles. The molecule has 2 nitrogen and oxygen atoms in total. The third kappa shape index (κ3) is 1.87. The second-order valence-corrected chi connectivity index (χ2v) is 2.68. The van der Waals surface area contributed by atoms with Crippen molar-refractivity contribution in [3.8, 4) is 5.75 Å². The fourth-order valence-electron chi connectivity index (χ4n) is 0.875. The van der Waals surface area contributed by atoms with Crippen molar-refractivity contribution in [1.29, 1.82) is 0 Å². The van der Waals surface area contributed by atoms with Gasteiger partial charge in [0.1, 0.15) is 11.6 Å².